The molecule has 1 aromatic heterocycles. The molecule has 0 spiro atoms. The topological polar surface area (TPSA) is 43.4 Å². The Labute approximate surface area is 102 Å². The second kappa shape index (κ2) is 6.57. The van der Waals surface area contributed by atoms with Crippen molar-refractivity contribution in [3.05, 3.63) is 24.0 Å². The predicted octanol–water partition coefficient (Wildman–Crippen LogP) is 1.75. The highest BCUT2D eigenvalue weighted by atomic mass is 16.5. The minimum absolute atomic E-state index is 0.272. The third kappa shape index (κ3) is 3.68. The van der Waals surface area contributed by atoms with Gasteiger partial charge in [-0.2, -0.15) is 0 Å². The summed E-state index contributed by atoms with van der Waals surface area (Å²) in [5.74, 6) is 0.903. The molecule has 4 nitrogen and oxygen atoms in total. The third-order valence-electron chi connectivity index (χ3n) is 2.90. The van der Waals surface area contributed by atoms with Crippen LogP contribution in [0.4, 0.5) is 0 Å². The van der Waals surface area contributed by atoms with E-state index in [1.54, 1.807) is 0 Å². The van der Waals surface area contributed by atoms with Crippen molar-refractivity contribution in [3.63, 3.8) is 0 Å². The second-order valence-corrected chi connectivity index (χ2v) is 4.19. The lowest BCUT2D eigenvalue weighted by molar-refractivity contribution is 0.0250. The van der Waals surface area contributed by atoms with Gasteiger partial charge in [-0.1, -0.05) is 6.92 Å². The zero-order chi connectivity index (χ0) is 11.9. The van der Waals surface area contributed by atoms with E-state index in [0.29, 0.717) is 0 Å². The van der Waals surface area contributed by atoms with Gasteiger partial charge in [0.2, 0.25) is 0 Å². The molecule has 1 saturated heterocycles. The summed E-state index contributed by atoms with van der Waals surface area (Å²) in [4.78, 5) is 4.13. The van der Waals surface area contributed by atoms with Crippen molar-refractivity contribution in [2.24, 2.45) is 0 Å². The Hall–Kier alpha value is -1.13. The molecule has 0 saturated carbocycles. The Morgan fingerprint density at radius 2 is 2.29 bits per heavy atom. The molecule has 0 aromatic carbocycles. The maximum absolute atomic E-state index is 6.00. The van der Waals surface area contributed by atoms with Crippen molar-refractivity contribution in [3.8, 4) is 5.75 Å². The molecular formula is C13H20N2O2. The van der Waals surface area contributed by atoms with Gasteiger partial charge in [-0.25, -0.2) is 0 Å². The molecule has 4 heteroatoms. The molecule has 94 valence electrons. The Morgan fingerprint density at radius 3 is 3.06 bits per heavy atom. The Balaban J connectivity index is 1.98. The van der Waals surface area contributed by atoms with Crippen LogP contribution in [0.3, 0.4) is 0 Å². The van der Waals surface area contributed by atoms with Gasteiger partial charge in [-0.15, -0.1) is 0 Å². The zero-order valence-electron chi connectivity index (χ0n) is 10.3. The van der Waals surface area contributed by atoms with E-state index < -0.39 is 0 Å². The summed E-state index contributed by atoms with van der Waals surface area (Å²) in [7, 11) is 0. The monoisotopic (exact) mass is 236 g/mol. The molecule has 0 radical (unpaired) electrons. The van der Waals surface area contributed by atoms with E-state index in [1.807, 2.05) is 18.5 Å². The fourth-order valence-corrected chi connectivity index (χ4v) is 1.89. The van der Waals surface area contributed by atoms with Crippen LogP contribution < -0.4 is 10.1 Å². The number of nitrogens with one attached hydrogen (secondary N) is 1. The number of nitrogens with zero attached hydrogens (tertiary/aromatic N) is 1. The van der Waals surface area contributed by atoms with Crippen molar-refractivity contribution in [2.45, 2.75) is 32.4 Å². The van der Waals surface area contributed by atoms with E-state index in [4.69, 9.17) is 9.47 Å². The van der Waals surface area contributed by atoms with Crippen molar-refractivity contribution in [1.82, 2.24) is 10.3 Å². The number of hydrogen-bond acceptors (Lipinski definition) is 4. The number of pyridine rings is 1. The Kier molecular flexibility index (Phi) is 4.76. The maximum Gasteiger partial charge on any atom is 0.142 e. The second-order valence-electron chi connectivity index (χ2n) is 4.19. The smallest absolute Gasteiger partial charge is 0.142 e. The minimum atomic E-state index is 0.272. The summed E-state index contributed by atoms with van der Waals surface area (Å²) in [6, 6.07) is 2.01. The zero-order valence-corrected chi connectivity index (χ0v) is 10.3. The number of rotatable bonds is 5. The molecule has 0 atom stereocenters. The summed E-state index contributed by atoms with van der Waals surface area (Å²) < 4.78 is 11.3. The van der Waals surface area contributed by atoms with E-state index in [9.17, 15) is 0 Å². The molecule has 1 aliphatic rings. The van der Waals surface area contributed by atoms with Gasteiger partial charge < -0.3 is 14.8 Å². The summed E-state index contributed by atoms with van der Waals surface area (Å²) in [6.45, 7) is 5.48. The van der Waals surface area contributed by atoms with Gasteiger partial charge in [0.15, 0.2) is 0 Å². The van der Waals surface area contributed by atoms with E-state index >= 15 is 0 Å². The van der Waals surface area contributed by atoms with Crippen molar-refractivity contribution >= 4 is 0 Å². The van der Waals surface area contributed by atoms with E-state index in [0.717, 1.165) is 44.9 Å². The molecule has 0 unspecified atom stereocenters. The fourth-order valence-electron chi connectivity index (χ4n) is 1.89. The molecule has 1 aromatic rings. The molecular weight excluding hydrogens is 216 g/mol. The SMILES string of the molecule is CCNCc1ccncc1OC1CCOCC1. The number of hydrogen-bond donors (Lipinski definition) is 1. The van der Waals surface area contributed by atoms with Gasteiger partial charge in [-0.3, -0.25) is 4.98 Å². The first-order valence-electron chi connectivity index (χ1n) is 6.28. The molecule has 1 fully saturated rings. The van der Waals surface area contributed by atoms with Crippen LogP contribution in [0.1, 0.15) is 25.3 Å². The third-order valence-corrected chi connectivity index (χ3v) is 2.90. The van der Waals surface area contributed by atoms with Gasteiger partial charge in [0.25, 0.3) is 0 Å². The first-order chi connectivity index (χ1) is 8.40. The van der Waals surface area contributed by atoms with Crippen LogP contribution >= 0.6 is 0 Å². The average Bonchev–Trinajstić information content (AvgIpc) is 2.39. The van der Waals surface area contributed by atoms with Gasteiger partial charge >= 0.3 is 0 Å². The van der Waals surface area contributed by atoms with Crippen LogP contribution in [-0.2, 0) is 11.3 Å². The van der Waals surface area contributed by atoms with Crippen LogP contribution in [0.2, 0.25) is 0 Å². The lowest BCUT2D eigenvalue weighted by Gasteiger charge is -2.24. The van der Waals surface area contributed by atoms with Gasteiger partial charge in [0.05, 0.1) is 19.4 Å². The van der Waals surface area contributed by atoms with Crippen LogP contribution in [0, 0.1) is 0 Å². The Morgan fingerprint density at radius 1 is 1.47 bits per heavy atom. The highest BCUT2D eigenvalue weighted by Crippen LogP contribution is 2.21. The molecule has 2 rings (SSSR count). The molecule has 0 bridgehead atoms. The van der Waals surface area contributed by atoms with Crippen LogP contribution in [-0.4, -0.2) is 30.8 Å². The van der Waals surface area contributed by atoms with Crippen molar-refractivity contribution < 1.29 is 9.47 Å². The summed E-state index contributed by atoms with van der Waals surface area (Å²) in [6.07, 6.45) is 5.82. The first kappa shape index (κ1) is 12.3. The quantitative estimate of drug-likeness (QED) is 0.846. The number of aromatic nitrogens is 1. The minimum Gasteiger partial charge on any atom is -0.488 e. The highest BCUT2D eigenvalue weighted by molar-refractivity contribution is 5.29. The van der Waals surface area contributed by atoms with Gasteiger partial charge in [-0.05, 0) is 12.6 Å². The Bertz CT molecular complexity index is 338. The van der Waals surface area contributed by atoms with Crippen LogP contribution in [0.25, 0.3) is 0 Å². The summed E-state index contributed by atoms with van der Waals surface area (Å²) in [5, 5.41) is 3.31. The van der Waals surface area contributed by atoms with E-state index in [-0.39, 0.29) is 6.10 Å². The van der Waals surface area contributed by atoms with E-state index in [2.05, 4.69) is 17.2 Å². The summed E-state index contributed by atoms with van der Waals surface area (Å²) in [5.41, 5.74) is 1.17. The van der Waals surface area contributed by atoms with Crippen molar-refractivity contribution in [1.29, 1.82) is 0 Å². The lowest BCUT2D eigenvalue weighted by Crippen LogP contribution is -2.26. The first-order valence-corrected chi connectivity index (χ1v) is 6.28. The van der Waals surface area contributed by atoms with Gasteiger partial charge in [0.1, 0.15) is 11.9 Å². The average molecular weight is 236 g/mol. The fraction of sp³-hybridized carbons (Fsp3) is 0.615. The summed E-state index contributed by atoms with van der Waals surface area (Å²) >= 11 is 0. The molecule has 2 heterocycles. The molecule has 1 N–H and O–H groups in total. The highest BCUT2D eigenvalue weighted by Gasteiger charge is 2.16. The molecule has 0 amide bonds. The molecule has 0 aliphatic carbocycles. The van der Waals surface area contributed by atoms with Crippen LogP contribution in [0.15, 0.2) is 18.5 Å². The van der Waals surface area contributed by atoms with Crippen molar-refractivity contribution in [2.75, 3.05) is 19.8 Å². The normalized spacial score (nSPS) is 17.0. The molecule has 1 aliphatic heterocycles. The lowest BCUT2D eigenvalue weighted by atomic mass is 10.1. The maximum atomic E-state index is 6.00. The van der Waals surface area contributed by atoms with E-state index in [1.165, 1.54) is 5.56 Å². The number of ether oxygens (including phenoxy) is 2. The van der Waals surface area contributed by atoms with Crippen LogP contribution in [0.5, 0.6) is 5.75 Å². The predicted molar refractivity (Wildman–Crippen MR) is 66.1 cm³/mol. The molecule has 17 heavy (non-hydrogen) atoms. The standard InChI is InChI=1S/C13H20N2O2/c1-2-14-9-11-3-6-15-10-13(11)17-12-4-7-16-8-5-12/h3,6,10,12,14H,2,4-5,7-9H2,1H3. The largest absolute Gasteiger partial charge is 0.488 e. The van der Waals surface area contributed by atoms with Gasteiger partial charge in [0, 0.05) is 31.1 Å².